The lowest BCUT2D eigenvalue weighted by Gasteiger charge is -2.13. The van der Waals surface area contributed by atoms with Crippen LogP contribution in [-0.4, -0.2) is 10.5 Å². The molecule has 2 rings (SSSR count). The Hall–Kier alpha value is -1.81. The zero-order valence-corrected chi connectivity index (χ0v) is 13.0. The summed E-state index contributed by atoms with van der Waals surface area (Å²) in [6.07, 6.45) is 1.85. The molecular formula is C16H18ClFN2O. The van der Waals surface area contributed by atoms with Crippen LogP contribution in [0.3, 0.4) is 0 Å². The van der Waals surface area contributed by atoms with Gasteiger partial charge in [0.15, 0.2) is 0 Å². The van der Waals surface area contributed by atoms with Crippen LogP contribution in [0.4, 0.5) is 4.39 Å². The van der Waals surface area contributed by atoms with E-state index < -0.39 is 5.82 Å². The van der Waals surface area contributed by atoms with E-state index in [1.807, 2.05) is 30.7 Å². The molecule has 1 heterocycles. The summed E-state index contributed by atoms with van der Waals surface area (Å²) < 4.78 is 15.7. The Kier molecular flexibility index (Phi) is 4.68. The fraction of sp³-hybridized carbons (Fsp3) is 0.312. The fourth-order valence-electron chi connectivity index (χ4n) is 2.19. The Labute approximate surface area is 128 Å². The summed E-state index contributed by atoms with van der Waals surface area (Å²) in [5.74, 6) is -0.649. The van der Waals surface area contributed by atoms with Crippen LogP contribution in [0, 0.1) is 12.7 Å². The van der Waals surface area contributed by atoms with E-state index >= 15 is 0 Å². The maximum Gasteiger partial charge on any atom is 0.268 e. The first-order valence-electron chi connectivity index (χ1n) is 6.79. The predicted octanol–water partition coefficient (Wildman–Crippen LogP) is 4.10. The van der Waals surface area contributed by atoms with Crippen molar-refractivity contribution in [1.82, 2.24) is 9.88 Å². The zero-order chi connectivity index (χ0) is 15.6. The lowest BCUT2D eigenvalue weighted by atomic mass is 10.1. The number of halogens is 2. The van der Waals surface area contributed by atoms with Crippen molar-refractivity contribution in [2.75, 3.05) is 0 Å². The van der Waals surface area contributed by atoms with Crippen LogP contribution < -0.4 is 5.32 Å². The maximum absolute atomic E-state index is 13.9. The molecule has 2 aromatic rings. The van der Waals surface area contributed by atoms with Crippen LogP contribution in [0.25, 0.3) is 0 Å². The number of hydrogen-bond acceptors (Lipinski definition) is 1. The van der Waals surface area contributed by atoms with E-state index in [1.54, 1.807) is 19.1 Å². The van der Waals surface area contributed by atoms with Gasteiger partial charge in [0.1, 0.15) is 11.5 Å². The largest absolute Gasteiger partial charge is 0.347 e. The Morgan fingerprint density at radius 1 is 1.43 bits per heavy atom. The first-order chi connectivity index (χ1) is 9.90. The number of carbonyl (C=O) groups excluding carboxylic acids is 1. The predicted molar refractivity (Wildman–Crippen MR) is 82.1 cm³/mol. The van der Waals surface area contributed by atoms with Crippen molar-refractivity contribution in [1.29, 1.82) is 0 Å². The van der Waals surface area contributed by atoms with Crippen molar-refractivity contribution in [3.8, 4) is 0 Å². The number of nitrogens with zero attached hydrogens (tertiary/aromatic N) is 1. The van der Waals surface area contributed by atoms with Gasteiger partial charge in [0.05, 0.1) is 0 Å². The number of hydrogen-bond donors (Lipinski definition) is 1. The number of amides is 1. The summed E-state index contributed by atoms with van der Waals surface area (Å²) in [4.78, 5) is 12.2. The van der Waals surface area contributed by atoms with Crippen molar-refractivity contribution in [2.24, 2.45) is 0 Å². The second-order valence-electron chi connectivity index (χ2n) is 5.28. The molecule has 1 amide bonds. The van der Waals surface area contributed by atoms with E-state index in [1.165, 1.54) is 6.07 Å². The van der Waals surface area contributed by atoms with Crippen molar-refractivity contribution in [3.05, 3.63) is 58.1 Å². The number of nitrogens with one attached hydrogen (secondary N) is 1. The molecule has 0 unspecified atom stereocenters. The quantitative estimate of drug-likeness (QED) is 0.906. The first-order valence-corrected chi connectivity index (χ1v) is 7.17. The Bertz CT molecular complexity index is 641. The third kappa shape index (κ3) is 3.45. The molecule has 1 aromatic carbocycles. The smallest absolute Gasteiger partial charge is 0.268 e. The first kappa shape index (κ1) is 15.6. The van der Waals surface area contributed by atoms with Crippen molar-refractivity contribution in [3.63, 3.8) is 0 Å². The van der Waals surface area contributed by atoms with E-state index in [0.717, 1.165) is 5.56 Å². The average molecular weight is 309 g/mol. The van der Waals surface area contributed by atoms with E-state index in [4.69, 9.17) is 11.6 Å². The number of aromatic nitrogens is 1. The average Bonchev–Trinajstić information content (AvgIpc) is 2.86. The Balaban J connectivity index is 2.13. The normalized spacial score (nSPS) is 11.0. The van der Waals surface area contributed by atoms with E-state index in [9.17, 15) is 9.18 Å². The molecule has 1 aromatic heterocycles. The summed E-state index contributed by atoms with van der Waals surface area (Å²) in [7, 11) is 0. The minimum Gasteiger partial charge on any atom is -0.347 e. The summed E-state index contributed by atoms with van der Waals surface area (Å²) in [6.45, 7) is 5.82. The van der Waals surface area contributed by atoms with Gasteiger partial charge < -0.3 is 9.88 Å². The third-order valence-corrected chi connectivity index (χ3v) is 3.62. The molecule has 1 N–H and O–H groups in total. The second-order valence-corrected chi connectivity index (χ2v) is 5.69. The zero-order valence-electron chi connectivity index (χ0n) is 12.3. The van der Waals surface area contributed by atoms with Gasteiger partial charge in [-0.05, 0) is 50.6 Å². The molecule has 21 heavy (non-hydrogen) atoms. The van der Waals surface area contributed by atoms with Crippen LogP contribution in [0.15, 0.2) is 30.5 Å². The van der Waals surface area contributed by atoms with Gasteiger partial charge in [0, 0.05) is 29.4 Å². The van der Waals surface area contributed by atoms with Gasteiger partial charge in [-0.25, -0.2) is 4.39 Å². The molecule has 0 bridgehead atoms. The van der Waals surface area contributed by atoms with Gasteiger partial charge >= 0.3 is 0 Å². The highest BCUT2D eigenvalue weighted by Gasteiger charge is 2.14. The van der Waals surface area contributed by atoms with Crippen molar-refractivity contribution >= 4 is 17.5 Å². The van der Waals surface area contributed by atoms with Gasteiger partial charge in [-0.2, -0.15) is 0 Å². The van der Waals surface area contributed by atoms with Gasteiger partial charge in [-0.3, -0.25) is 4.79 Å². The van der Waals surface area contributed by atoms with Gasteiger partial charge in [0.25, 0.3) is 5.91 Å². The highest BCUT2D eigenvalue weighted by atomic mass is 35.5. The molecular weight excluding hydrogens is 291 g/mol. The highest BCUT2D eigenvalue weighted by Crippen LogP contribution is 2.21. The molecule has 0 atom stereocenters. The Morgan fingerprint density at radius 3 is 2.76 bits per heavy atom. The minimum absolute atomic E-state index is 0.0626. The molecule has 0 aliphatic heterocycles. The molecule has 0 spiro atoms. The molecule has 0 radical (unpaired) electrons. The van der Waals surface area contributed by atoms with Crippen LogP contribution >= 0.6 is 11.6 Å². The number of benzene rings is 1. The molecule has 0 saturated heterocycles. The van der Waals surface area contributed by atoms with E-state index in [-0.39, 0.29) is 18.5 Å². The summed E-state index contributed by atoms with van der Waals surface area (Å²) in [5.41, 5.74) is 1.60. The minimum atomic E-state index is -0.403. The SMILES string of the molecule is Cc1cc(F)c(CNC(=O)c2cccn2C(C)C)c(Cl)c1. The molecule has 0 aliphatic carbocycles. The lowest BCUT2D eigenvalue weighted by molar-refractivity contribution is 0.0940. The highest BCUT2D eigenvalue weighted by molar-refractivity contribution is 6.31. The van der Waals surface area contributed by atoms with Crippen molar-refractivity contribution < 1.29 is 9.18 Å². The van der Waals surface area contributed by atoms with Crippen LogP contribution in [0.2, 0.25) is 5.02 Å². The fourth-order valence-corrected chi connectivity index (χ4v) is 2.52. The van der Waals surface area contributed by atoms with Gasteiger partial charge in [-0.1, -0.05) is 11.6 Å². The molecule has 112 valence electrons. The topological polar surface area (TPSA) is 34.0 Å². The lowest BCUT2D eigenvalue weighted by Crippen LogP contribution is -2.26. The molecule has 5 heteroatoms. The van der Waals surface area contributed by atoms with Gasteiger partial charge in [0.2, 0.25) is 0 Å². The summed E-state index contributed by atoms with van der Waals surface area (Å²) >= 11 is 6.03. The second kappa shape index (κ2) is 6.31. The Morgan fingerprint density at radius 2 is 2.14 bits per heavy atom. The summed E-state index contributed by atoms with van der Waals surface area (Å²) in [6, 6.07) is 6.82. The number of carbonyl (C=O) groups is 1. The van der Waals surface area contributed by atoms with Crippen LogP contribution in [0.5, 0.6) is 0 Å². The van der Waals surface area contributed by atoms with Crippen LogP contribution in [0.1, 0.15) is 41.5 Å². The van der Waals surface area contributed by atoms with E-state index in [0.29, 0.717) is 16.3 Å². The summed E-state index contributed by atoms with van der Waals surface area (Å²) in [5, 5.41) is 3.04. The van der Waals surface area contributed by atoms with Gasteiger partial charge in [-0.15, -0.1) is 0 Å². The molecule has 0 saturated carbocycles. The maximum atomic E-state index is 13.9. The third-order valence-electron chi connectivity index (χ3n) is 3.28. The van der Waals surface area contributed by atoms with Crippen LogP contribution in [-0.2, 0) is 6.54 Å². The van der Waals surface area contributed by atoms with Crippen molar-refractivity contribution in [2.45, 2.75) is 33.4 Å². The molecule has 0 fully saturated rings. The number of rotatable bonds is 4. The van der Waals surface area contributed by atoms with E-state index in [2.05, 4.69) is 5.32 Å². The molecule has 0 aliphatic rings. The molecule has 3 nitrogen and oxygen atoms in total. The number of aryl methyl sites for hydroxylation is 1. The standard InChI is InChI=1S/C16H18ClFN2O/c1-10(2)20-6-4-5-15(20)16(21)19-9-12-13(17)7-11(3)8-14(12)18/h4-8,10H,9H2,1-3H3,(H,19,21). The monoisotopic (exact) mass is 308 g/mol.